The van der Waals surface area contributed by atoms with Crippen LogP contribution in [0, 0.1) is 0 Å². The molecule has 0 bridgehead atoms. The molecule has 1 amide bonds. The summed E-state index contributed by atoms with van der Waals surface area (Å²) in [5, 5.41) is 8.48. The molecule has 0 spiro atoms. The summed E-state index contributed by atoms with van der Waals surface area (Å²) in [6.45, 7) is 3.49. The van der Waals surface area contributed by atoms with Crippen LogP contribution in [0.15, 0.2) is 48.5 Å². The number of carbonyl (C=O) groups is 1. The van der Waals surface area contributed by atoms with Gasteiger partial charge in [0.25, 0.3) is 5.91 Å². The molecule has 1 saturated heterocycles. The van der Waals surface area contributed by atoms with Gasteiger partial charge in [-0.25, -0.2) is 4.68 Å². The molecule has 0 unspecified atom stereocenters. The van der Waals surface area contributed by atoms with Crippen molar-refractivity contribution < 1.29 is 19.0 Å². The van der Waals surface area contributed by atoms with Crippen LogP contribution in [0.4, 0.5) is 5.69 Å². The number of anilines is 1. The monoisotopic (exact) mass is 449 g/mol. The van der Waals surface area contributed by atoms with E-state index >= 15 is 0 Å². The van der Waals surface area contributed by atoms with Crippen molar-refractivity contribution >= 4 is 11.6 Å². The average Bonchev–Trinajstić information content (AvgIpc) is 3.31. The molecule has 1 aromatic heterocycles. The number of aromatic nitrogens is 3. The molecule has 0 radical (unpaired) electrons. The van der Waals surface area contributed by atoms with E-state index < -0.39 is 0 Å². The smallest absolute Gasteiger partial charge is 0.276 e. The lowest BCUT2D eigenvalue weighted by molar-refractivity contribution is -0.00198. The first-order valence-corrected chi connectivity index (χ1v) is 11.0. The highest BCUT2D eigenvalue weighted by Gasteiger charge is 2.31. The minimum atomic E-state index is -0.141. The zero-order valence-corrected chi connectivity index (χ0v) is 18.8. The standard InChI is InChI=1S/C24H27N5O4/c1-31-18-9-7-17(8-10-18)22-15-29-20(16-33-22)23(25-26-29)24(30)28-13-11-27(12-14-28)19-5-3-4-6-21(19)32-2/h3-10,22H,11-16H2,1-2H3/t22-/m1/s1. The summed E-state index contributed by atoms with van der Waals surface area (Å²) in [5.41, 5.74) is 3.20. The maximum absolute atomic E-state index is 13.2. The Morgan fingerprint density at radius 1 is 1.00 bits per heavy atom. The first-order chi connectivity index (χ1) is 16.2. The van der Waals surface area contributed by atoms with Gasteiger partial charge in [-0.3, -0.25) is 4.79 Å². The van der Waals surface area contributed by atoms with Gasteiger partial charge in [0.1, 0.15) is 17.6 Å². The van der Waals surface area contributed by atoms with Gasteiger partial charge in [-0.1, -0.05) is 29.5 Å². The lowest BCUT2D eigenvalue weighted by Crippen LogP contribution is -2.49. The number of hydrogen-bond donors (Lipinski definition) is 0. The number of rotatable bonds is 5. The van der Waals surface area contributed by atoms with E-state index in [1.54, 1.807) is 18.9 Å². The van der Waals surface area contributed by atoms with E-state index in [2.05, 4.69) is 15.2 Å². The molecule has 9 heteroatoms. The maximum atomic E-state index is 13.2. The molecule has 2 aliphatic rings. The molecule has 1 atom stereocenters. The highest BCUT2D eigenvalue weighted by molar-refractivity contribution is 5.93. The summed E-state index contributed by atoms with van der Waals surface area (Å²) < 4.78 is 18.6. The SMILES string of the molecule is COc1ccc([C@H]2Cn3nnc(C(=O)N4CCN(c5ccccc5OC)CC4)c3CO2)cc1. The lowest BCUT2D eigenvalue weighted by Gasteiger charge is -2.36. The van der Waals surface area contributed by atoms with Crippen LogP contribution in [0.2, 0.25) is 0 Å². The first kappa shape index (κ1) is 21.3. The van der Waals surface area contributed by atoms with Gasteiger partial charge < -0.3 is 24.0 Å². The first-order valence-electron chi connectivity index (χ1n) is 11.0. The van der Waals surface area contributed by atoms with Crippen LogP contribution >= 0.6 is 0 Å². The van der Waals surface area contributed by atoms with E-state index in [-0.39, 0.29) is 12.0 Å². The largest absolute Gasteiger partial charge is 0.497 e. The molecule has 0 N–H and O–H groups in total. The fourth-order valence-electron chi connectivity index (χ4n) is 4.39. The van der Waals surface area contributed by atoms with Gasteiger partial charge in [0.15, 0.2) is 5.69 Å². The summed E-state index contributed by atoms with van der Waals surface area (Å²) in [6.07, 6.45) is -0.141. The summed E-state index contributed by atoms with van der Waals surface area (Å²) >= 11 is 0. The predicted octanol–water partition coefficient (Wildman–Crippen LogP) is 2.53. The summed E-state index contributed by atoms with van der Waals surface area (Å²) in [5.74, 6) is 1.55. The molecule has 172 valence electrons. The Labute approximate surface area is 192 Å². The van der Waals surface area contributed by atoms with E-state index in [4.69, 9.17) is 14.2 Å². The molecule has 2 aliphatic heterocycles. The van der Waals surface area contributed by atoms with Gasteiger partial charge in [-0.2, -0.15) is 0 Å². The fourth-order valence-corrected chi connectivity index (χ4v) is 4.39. The Hall–Kier alpha value is -3.59. The second-order valence-corrected chi connectivity index (χ2v) is 8.09. The molecule has 9 nitrogen and oxygen atoms in total. The molecule has 3 heterocycles. The van der Waals surface area contributed by atoms with Crippen molar-refractivity contribution in [2.45, 2.75) is 19.3 Å². The minimum absolute atomic E-state index is 0.0950. The van der Waals surface area contributed by atoms with Crippen LogP contribution in [0.5, 0.6) is 11.5 Å². The number of nitrogens with zero attached hydrogens (tertiary/aromatic N) is 5. The van der Waals surface area contributed by atoms with E-state index in [1.165, 1.54) is 0 Å². The van der Waals surface area contributed by atoms with Crippen molar-refractivity contribution in [1.82, 2.24) is 19.9 Å². The number of benzene rings is 2. The third-order valence-electron chi connectivity index (χ3n) is 6.28. The van der Waals surface area contributed by atoms with Crippen molar-refractivity contribution in [2.24, 2.45) is 0 Å². The highest BCUT2D eigenvalue weighted by Crippen LogP contribution is 2.30. The normalized spacial score (nSPS) is 18.1. The molecule has 0 saturated carbocycles. The number of ether oxygens (including phenoxy) is 3. The molecule has 33 heavy (non-hydrogen) atoms. The Morgan fingerprint density at radius 2 is 1.76 bits per heavy atom. The molecule has 1 fully saturated rings. The summed E-state index contributed by atoms with van der Waals surface area (Å²) in [7, 11) is 3.32. The van der Waals surface area contributed by atoms with E-state index in [0.717, 1.165) is 41.5 Å². The van der Waals surface area contributed by atoms with Crippen molar-refractivity contribution in [3.05, 3.63) is 65.5 Å². The van der Waals surface area contributed by atoms with Gasteiger partial charge in [-0.15, -0.1) is 5.10 Å². The van der Waals surface area contributed by atoms with Crippen molar-refractivity contribution in [2.75, 3.05) is 45.3 Å². The second kappa shape index (κ2) is 9.11. The van der Waals surface area contributed by atoms with Crippen LogP contribution in [-0.2, 0) is 17.9 Å². The van der Waals surface area contributed by atoms with Gasteiger partial charge in [0, 0.05) is 26.2 Å². The van der Waals surface area contributed by atoms with Crippen molar-refractivity contribution in [3.63, 3.8) is 0 Å². The summed E-state index contributed by atoms with van der Waals surface area (Å²) in [6, 6.07) is 15.7. The Morgan fingerprint density at radius 3 is 2.48 bits per heavy atom. The van der Waals surface area contributed by atoms with Crippen LogP contribution < -0.4 is 14.4 Å². The topological polar surface area (TPSA) is 82.0 Å². The average molecular weight is 450 g/mol. The molecule has 3 aromatic rings. The second-order valence-electron chi connectivity index (χ2n) is 8.09. The molecular formula is C24H27N5O4. The Kier molecular flexibility index (Phi) is 5.87. The maximum Gasteiger partial charge on any atom is 0.276 e. The predicted molar refractivity (Wildman–Crippen MR) is 122 cm³/mol. The Balaban J connectivity index is 1.24. The number of piperazine rings is 1. The van der Waals surface area contributed by atoms with Crippen LogP contribution in [0.25, 0.3) is 0 Å². The van der Waals surface area contributed by atoms with Crippen molar-refractivity contribution in [3.8, 4) is 11.5 Å². The number of amides is 1. The highest BCUT2D eigenvalue weighted by atomic mass is 16.5. The fraction of sp³-hybridized carbons (Fsp3) is 0.375. The van der Waals surface area contributed by atoms with Crippen LogP contribution in [0.3, 0.4) is 0 Å². The van der Waals surface area contributed by atoms with Crippen LogP contribution in [0.1, 0.15) is 27.8 Å². The Bertz CT molecular complexity index is 1120. The number of methoxy groups -OCH3 is 2. The van der Waals surface area contributed by atoms with Gasteiger partial charge in [0.05, 0.1) is 38.8 Å². The van der Waals surface area contributed by atoms with E-state index in [1.807, 2.05) is 53.4 Å². The third-order valence-corrected chi connectivity index (χ3v) is 6.28. The molecular weight excluding hydrogens is 422 g/mol. The minimum Gasteiger partial charge on any atom is -0.497 e. The zero-order valence-electron chi connectivity index (χ0n) is 18.8. The van der Waals surface area contributed by atoms with Gasteiger partial charge in [0.2, 0.25) is 0 Å². The van der Waals surface area contributed by atoms with E-state index in [0.29, 0.717) is 31.9 Å². The van der Waals surface area contributed by atoms with Crippen molar-refractivity contribution in [1.29, 1.82) is 0 Å². The van der Waals surface area contributed by atoms with Crippen LogP contribution in [-0.4, -0.2) is 66.2 Å². The van der Waals surface area contributed by atoms with Gasteiger partial charge in [-0.05, 0) is 29.8 Å². The molecule has 0 aliphatic carbocycles. The number of para-hydroxylation sites is 2. The zero-order chi connectivity index (χ0) is 22.8. The third kappa shape index (κ3) is 4.11. The number of carbonyl (C=O) groups excluding carboxylic acids is 1. The quantitative estimate of drug-likeness (QED) is 0.592. The molecule has 2 aromatic carbocycles. The number of hydrogen-bond acceptors (Lipinski definition) is 7. The summed E-state index contributed by atoms with van der Waals surface area (Å²) in [4.78, 5) is 17.3. The van der Waals surface area contributed by atoms with Gasteiger partial charge >= 0.3 is 0 Å². The van der Waals surface area contributed by atoms with E-state index in [9.17, 15) is 4.79 Å². The molecule has 5 rings (SSSR count). The lowest BCUT2D eigenvalue weighted by atomic mass is 10.1. The number of fused-ring (bicyclic) bond motifs is 1.